The minimum Gasteiger partial charge on any atom is -0.368 e. The Hall–Kier alpha value is -3.06. The van der Waals surface area contributed by atoms with Crippen LogP contribution in [0.15, 0.2) is 48.5 Å². The number of rotatable bonds is 6. The van der Waals surface area contributed by atoms with Gasteiger partial charge in [-0.15, -0.1) is 0 Å². The number of hydrogen-bond acceptors (Lipinski definition) is 4. The van der Waals surface area contributed by atoms with Gasteiger partial charge in [-0.3, -0.25) is 14.4 Å². The molecule has 0 radical (unpaired) electrons. The summed E-state index contributed by atoms with van der Waals surface area (Å²) in [5.74, 6) is -0.500. The summed E-state index contributed by atoms with van der Waals surface area (Å²) in [5.41, 5.74) is 2.46. The van der Waals surface area contributed by atoms with Gasteiger partial charge in [-0.2, -0.15) is 0 Å². The van der Waals surface area contributed by atoms with Crippen LogP contribution in [0.4, 0.5) is 5.69 Å². The first kappa shape index (κ1) is 21.6. The van der Waals surface area contributed by atoms with Crippen molar-refractivity contribution in [3.8, 4) is 0 Å². The van der Waals surface area contributed by atoms with Crippen LogP contribution < -0.4 is 15.5 Å². The highest BCUT2D eigenvalue weighted by Crippen LogP contribution is 2.19. The maximum absolute atomic E-state index is 12.5. The molecule has 7 nitrogen and oxygen atoms in total. The fourth-order valence-electron chi connectivity index (χ4n) is 3.24. The Morgan fingerprint density at radius 3 is 2.13 bits per heavy atom. The van der Waals surface area contributed by atoms with Gasteiger partial charge in [0.15, 0.2) is 0 Å². The number of piperazine rings is 1. The third-order valence-corrected chi connectivity index (χ3v) is 5.23. The molecule has 3 amide bonds. The minimum atomic E-state index is -0.297. The van der Waals surface area contributed by atoms with Crippen LogP contribution in [0, 0.1) is 0 Å². The Kier molecular flexibility index (Phi) is 7.30. The first-order valence-electron chi connectivity index (χ1n) is 9.82. The molecule has 1 fully saturated rings. The minimum absolute atomic E-state index is 0.0343. The standard InChI is InChI=1S/C22H25ClN4O3/c1-16(28)24-14-17-2-4-18(5-3-17)22(30)25-15-21(29)27-12-10-26(11-13-27)20-8-6-19(23)7-9-20/h2-9H,10-15H2,1H3,(H,24,28)(H,25,30). The quantitative estimate of drug-likeness (QED) is 0.737. The maximum Gasteiger partial charge on any atom is 0.251 e. The van der Waals surface area contributed by atoms with Crippen molar-refractivity contribution < 1.29 is 14.4 Å². The molecule has 0 spiro atoms. The molecule has 2 aromatic carbocycles. The number of halogens is 1. The fourth-order valence-corrected chi connectivity index (χ4v) is 3.36. The van der Waals surface area contributed by atoms with E-state index in [9.17, 15) is 14.4 Å². The van der Waals surface area contributed by atoms with E-state index in [0.717, 1.165) is 24.3 Å². The molecule has 2 N–H and O–H groups in total. The molecule has 0 aromatic heterocycles. The van der Waals surface area contributed by atoms with E-state index in [0.29, 0.717) is 30.2 Å². The van der Waals surface area contributed by atoms with E-state index in [4.69, 9.17) is 11.6 Å². The van der Waals surface area contributed by atoms with Crippen molar-refractivity contribution in [1.82, 2.24) is 15.5 Å². The molecule has 0 unspecified atom stereocenters. The number of benzene rings is 2. The number of hydrogen-bond donors (Lipinski definition) is 2. The summed E-state index contributed by atoms with van der Waals surface area (Å²) in [6.07, 6.45) is 0. The second-order valence-corrected chi connectivity index (χ2v) is 7.57. The molecular weight excluding hydrogens is 404 g/mol. The molecule has 30 heavy (non-hydrogen) atoms. The van der Waals surface area contributed by atoms with Crippen molar-refractivity contribution in [2.45, 2.75) is 13.5 Å². The molecule has 0 aliphatic carbocycles. The first-order valence-corrected chi connectivity index (χ1v) is 10.2. The molecule has 0 saturated carbocycles. The van der Waals surface area contributed by atoms with E-state index in [1.165, 1.54) is 6.92 Å². The Morgan fingerprint density at radius 1 is 0.900 bits per heavy atom. The van der Waals surface area contributed by atoms with E-state index in [1.807, 2.05) is 24.3 Å². The van der Waals surface area contributed by atoms with Crippen molar-refractivity contribution in [2.75, 3.05) is 37.6 Å². The van der Waals surface area contributed by atoms with Crippen LogP contribution >= 0.6 is 11.6 Å². The predicted octanol–water partition coefficient (Wildman–Crippen LogP) is 2.05. The SMILES string of the molecule is CC(=O)NCc1ccc(C(=O)NCC(=O)N2CCN(c3ccc(Cl)cc3)CC2)cc1. The van der Waals surface area contributed by atoms with Gasteiger partial charge in [-0.05, 0) is 42.0 Å². The first-order chi connectivity index (χ1) is 14.4. The largest absolute Gasteiger partial charge is 0.368 e. The highest BCUT2D eigenvalue weighted by atomic mass is 35.5. The van der Waals surface area contributed by atoms with Crippen LogP contribution in [0.3, 0.4) is 0 Å². The predicted molar refractivity (Wildman–Crippen MR) is 117 cm³/mol. The zero-order valence-electron chi connectivity index (χ0n) is 16.9. The van der Waals surface area contributed by atoms with Gasteiger partial charge in [0, 0.05) is 55.9 Å². The van der Waals surface area contributed by atoms with Gasteiger partial charge in [-0.25, -0.2) is 0 Å². The summed E-state index contributed by atoms with van der Waals surface area (Å²) < 4.78 is 0. The van der Waals surface area contributed by atoms with Gasteiger partial charge in [0.05, 0.1) is 6.54 Å². The second-order valence-electron chi connectivity index (χ2n) is 7.13. The van der Waals surface area contributed by atoms with Crippen LogP contribution in [0.5, 0.6) is 0 Å². The summed E-state index contributed by atoms with van der Waals surface area (Å²) in [4.78, 5) is 39.7. The molecule has 1 aliphatic rings. The smallest absolute Gasteiger partial charge is 0.251 e. The Balaban J connectivity index is 1.43. The summed E-state index contributed by atoms with van der Waals surface area (Å²) in [7, 11) is 0. The summed E-state index contributed by atoms with van der Waals surface area (Å²) >= 11 is 5.93. The van der Waals surface area contributed by atoms with Crippen molar-refractivity contribution in [3.05, 3.63) is 64.7 Å². The molecule has 3 rings (SSSR count). The molecule has 1 aliphatic heterocycles. The van der Waals surface area contributed by atoms with Gasteiger partial charge in [0.2, 0.25) is 11.8 Å². The van der Waals surface area contributed by atoms with Crippen LogP contribution in [0.25, 0.3) is 0 Å². The molecule has 0 bridgehead atoms. The average Bonchev–Trinajstić information content (AvgIpc) is 2.77. The highest BCUT2D eigenvalue weighted by molar-refractivity contribution is 6.30. The van der Waals surface area contributed by atoms with E-state index in [2.05, 4.69) is 15.5 Å². The lowest BCUT2D eigenvalue weighted by Crippen LogP contribution is -2.51. The fraction of sp³-hybridized carbons (Fsp3) is 0.318. The zero-order chi connectivity index (χ0) is 21.5. The third kappa shape index (κ3) is 5.97. The zero-order valence-corrected chi connectivity index (χ0v) is 17.6. The maximum atomic E-state index is 12.5. The van der Waals surface area contributed by atoms with Crippen molar-refractivity contribution in [2.24, 2.45) is 0 Å². The molecule has 158 valence electrons. The van der Waals surface area contributed by atoms with Gasteiger partial charge >= 0.3 is 0 Å². The van der Waals surface area contributed by atoms with E-state index in [-0.39, 0.29) is 24.3 Å². The van der Waals surface area contributed by atoms with E-state index < -0.39 is 0 Å². The molecule has 1 saturated heterocycles. The Labute approximate surface area is 181 Å². The lowest BCUT2D eigenvalue weighted by molar-refractivity contribution is -0.130. The van der Waals surface area contributed by atoms with Gasteiger partial charge in [0.1, 0.15) is 0 Å². The lowest BCUT2D eigenvalue weighted by Gasteiger charge is -2.36. The molecular formula is C22H25ClN4O3. The van der Waals surface area contributed by atoms with Gasteiger partial charge < -0.3 is 20.4 Å². The summed E-state index contributed by atoms with van der Waals surface area (Å²) in [6, 6.07) is 14.6. The van der Waals surface area contributed by atoms with Crippen LogP contribution in [-0.4, -0.2) is 55.3 Å². The number of carbonyl (C=O) groups is 3. The number of amides is 3. The molecule has 0 atom stereocenters. The van der Waals surface area contributed by atoms with Gasteiger partial charge in [-0.1, -0.05) is 23.7 Å². The molecule has 2 aromatic rings. The summed E-state index contributed by atoms with van der Waals surface area (Å²) in [6.45, 7) is 4.51. The number of carbonyl (C=O) groups excluding carboxylic acids is 3. The second kappa shape index (κ2) is 10.1. The Bertz CT molecular complexity index is 892. The van der Waals surface area contributed by atoms with Crippen LogP contribution in [0.1, 0.15) is 22.8 Å². The van der Waals surface area contributed by atoms with Crippen LogP contribution in [0.2, 0.25) is 5.02 Å². The molecule has 1 heterocycles. The third-order valence-electron chi connectivity index (χ3n) is 4.98. The van der Waals surface area contributed by atoms with Crippen LogP contribution in [-0.2, 0) is 16.1 Å². The number of nitrogens with one attached hydrogen (secondary N) is 2. The lowest BCUT2D eigenvalue weighted by atomic mass is 10.1. The van der Waals surface area contributed by atoms with E-state index in [1.54, 1.807) is 29.2 Å². The number of anilines is 1. The van der Waals surface area contributed by atoms with E-state index >= 15 is 0 Å². The summed E-state index contributed by atoms with van der Waals surface area (Å²) in [5, 5.41) is 6.09. The highest BCUT2D eigenvalue weighted by Gasteiger charge is 2.21. The van der Waals surface area contributed by atoms with Crippen molar-refractivity contribution >= 4 is 35.0 Å². The molecule has 8 heteroatoms. The average molecular weight is 429 g/mol. The van der Waals surface area contributed by atoms with Crippen molar-refractivity contribution in [3.63, 3.8) is 0 Å². The topological polar surface area (TPSA) is 81.8 Å². The van der Waals surface area contributed by atoms with Gasteiger partial charge in [0.25, 0.3) is 5.91 Å². The normalized spacial score (nSPS) is 13.7. The Morgan fingerprint density at radius 2 is 1.53 bits per heavy atom. The monoisotopic (exact) mass is 428 g/mol. The van der Waals surface area contributed by atoms with Crippen molar-refractivity contribution in [1.29, 1.82) is 0 Å². The number of nitrogens with zero attached hydrogens (tertiary/aromatic N) is 2.